The number of anilines is 3. The van der Waals surface area contributed by atoms with Gasteiger partial charge in [-0.25, -0.2) is 4.99 Å². The smallest absolute Gasteiger partial charge is 0.211 e. The molecular weight excluding hydrogens is 516 g/mol. The molecule has 41 heavy (non-hydrogen) atoms. The molecule has 0 saturated heterocycles. The zero-order chi connectivity index (χ0) is 29.3. The van der Waals surface area contributed by atoms with Crippen LogP contribution in [0.1, 0.15) is 71.1 Å². The van der Waals surface area contributed by atoms with Gasteiger partial charge in [0.25, 0.3) is 0 Å². The molecule has 0 amide bonds. The Hall–Kier alpha value is -3.62. The summed E-state index contributed by atoms with van der Waals surface area (Å²) in [5, 5.41) is 38.8. The highest BCUT2D eigenvalue weighted by atomic mass is 16.3. The third-order valence-electron chi connectivity index (χ3n) is 6.94. The Bertz CT molecular complexity index is 1170. The molecular formula is C33H46N4O4. The number of unbranched alkanes of at least 4 members (excludes halogenated alkanes) is 6. The summed E-state index contributed by atoms with van der Waals surface area (Å²) in [6, 6.07) is 15.5. The summed E-state index contributed by atoms with van der Waals surface area (Å²) < 4.78 is 0. The summed E-state index contributed by atoms with van der Waals surface area (Å²) >= 11 is 0. The Morgan fingerprint density at radius 1 is 0.707 bits per heavy atom. The normalized spacial score (nSPS) is 14.4. The first-order chi connectivity index (χ1) is 20.0. The van der Waals surface area contributed by atoms with Crippen LogP contribution in [0.5, 0.6) is 0 Å². The minimum absolute atomic E-state index is 0.0283. The van der Waals surface area contributed by atoms with E-state index in [0.717, 1.165) is 87.9 Å². The van der Waals surface area contributed by atoms with Crippen molar-refractivity contribution in [3.8, 4) is 0 Å². The van der Waals surface area contributed by atoms with E-state index in [1.165, 1.54) is 0 Å². The van der Waals surface area contributed by atoms with E-state index in [4.69, 9.17) is 10.2 Å². The SMILES string of the molecule is CCCC1=C(O)C(Nc2ccc(NCCCCCCO)cc2)=CC(=Nc2ccc(NCCCCCCO)cc2)C1=O. The summed E-state index contributed by atoms with van der Waals surface area (Å²) in [5.74, 6) is -0.280. The number of hydrogen-bond donors (Lipinski definition) is 6. The van der Waals surface area contributed by atoms with Gasteiger partial charge in [0.2, 0.25) is 5.78 Å². The molecule has 0 bridgehead atoms. The van der Waals surface area contributed by atoms with Gasteiger partial charge in [-0.15, -0.1) is 0 Å². The number of aliphatic hydroxyl groups is 3. The lowest BCUT2D eigenvalue weighted by atomic mass is 9.94. The molecule has 1 aliphatic carbocycles. The molecule has 8 nitrogen and oxygen atoms in total. The monoisotopic (exact) mass is 562 g/mol. The Morgan fingerprint density at radius 2 is 1.22 bits per heavy atom. The number of nitrogens with zero attached hydrogens (tertiary/aromatic N) is 1. The number of aliphatic imine (C=N–C) groups is 1. The highest BCUT2D eigenvalue weighted by molar-refractivity contribution is 6.51. The number of carbonyl (C=O) groups is 1. The number of Topliss-reactive ketones (excluding diaryl/α,β-unsaturated/α-hetero) is 1. The average Bonchev–Trinajstić information content (AvgIpc) is 2.99. The zero-order valence-electron chi connectivity index (χ0n) is 24.3. The first-order valence-electron chi connectivity index (χ1n) is 15.0. The van der Waals surface area contributed by atoms with Gasteiger partial charge in [-0.3, -0.25) is 4.79 Å². The second kappa shape index (κ2) is 17.9. The maximum absolute atomic E-state index is 13.2. The molecule has 0 saturated carbocycles. The number of benzene rings is 2. The molecule has 0 radical (unpaired) electrons. The van der Waals surface area contributed by atoms with Gasteiger partial charge in [0.15, 0.2) is 0 Å². The van der Waals surface area contributed by atoms with Gasteiger partial charge in [0.05, 0.1) is 11.4 Å². The molecule has 222 valence electrons. The minimum atomic E-state index is -0.251. The van der Waals surface area contributed by atoms with Crippen LogP contribution in [0.4, 0.5) is 22.7 Å². The van der Waals surface area contributed by atoms with Gasteiger partial charge in [-0.2, -0.15) is 0 Å². The fraction of sp³-hybridized carbons (Fsp3) is 0.455. The maximum Gasteiger partial charge on any atom is 0.211 e. The van der Waals surface area contributed by atoms with Crippen molar-refractivity contribution >= 4 is 34.2 Å². The molecule has 0 spiro atoms. The van der Waals surface area contributed by atoms with Crippen molar-refractivity contribution in [1.82, 2.24) is 0 Å². The molecule has 0 fully saturated rings. The Balaban J connectivity index is 1.65. The van der Waals surface area contributed by atoms with E-state index in [1.807, 2.05) is 55.5 Å². The van der Waals surface area contributed by atoms with Crippen LogP contribution in [0.25, 0.3) is 0 Å². The van der Waals surface area contributed by atoms with Gasteiger partial charge >= 0.3 is 0 Å². The van der Waals surface area contributed by atoms with Crippen molar-refractivity contribution in [3.63, 3.8) is 0 Å². The second-order valence-electron chi connectivity index (χ2n) is 10.3. The molecule has 0 heterocycles. The standard InChI is InChI=1S/C33H46N4O4/c1-2-11-29-32(40)30(36-27-16-12-25(13-17-27)34-20-7-3-5-9-22-38)24-31(33(29)41)37-28-18-14-26(15-19-28)35-21-8-4-6-10-23-39/h12-19,24,34-36,38-40H,2-11,20-23H2,1H3. The number of aliphatic hydroxyl groups excluding tert-OH is 3. The molecule has 0 atom stereocenters. The van der Waals surface area contributed by atoms with Crippen molar-refractivity contribution in [2.45, 2.75) is 71.1 Å². The predicted molar refractivity (Wildman–Crippen MR) is 169 cm³/mol. The van der Waals surface area contributed by atoms with Gasteiger partial charge in [-0.05, 0) is 86.7 Å². The summed E-state index contributed by atoms with van der Waals surface area (Å²) in [6.45, 7) is 4.22. The van der Waals surface area contributed by atoms with E-state index < -0.39 is 0 Å². The largest absolute Gasteiger partial charge is 0.505 e. The van der Waals surface area contributed by atoms with Crippen LogP contribution in [0.3, 0.4) is 0 Å². The van der Waals surface area contributed by atoms with Crippen molar-refractivity contribution in [2.24, 2.45) is 4.99 Å². The van der Waals surface area contributed by atoms with E-state index in [2.05, 4.69) is 20.9 Å². The molecule has 0 aliphatic heterocycles. The van der Waals surface area contributed by atoms with Crippen LogP contribution in [0, 0.1) is 0 Å². The first-order valence-corrected chi connectivity index (χ1v) is 15.0. The third kappa shape index (κ3) is 10.7. The zero-order valence-corrected chi connectivity index (χ0v) is 24.3. The van der Waals surface area contributed by atoms with E-state index in [-0.39, 0.29) is 30.5 Å². The molecule has 0 unspecified atom stereocenters. The fourth-order valence-corrected chi connectivity index (χ4v) is 4.62. The van der Waals surface area contributed by atoms with Crippen LogP contribution < -0.4 is 16.0 Å². The highest BCUT2D eigenvalue weighted by Gasteiger charge is 2.27. The average molecular weight is 563 g/mol. The molecule has 3 rings (SSSR count). The molecule has 8 heteroatoms. The lowest BCUT2D eigenvalue weighted by Gasteiger charge is -2.19. The number of allylic oxidation sites excluding steroid dienone is 2. The summed E-state index contributed by atoms with van der Waals surface area (Å²) in [5.41, 5.74) is 4.59. The van der Waals surface area contributed by atoms with Crippen LogP contribution in [0.15, 0.2) is 76.6 Å². The summed E-state index contributed by atoms with van der Waals surface area (Å²) in [7, 11) is 0. The van der Waals surface area contributed by atoms with E-state index in [1.54, 1.807) is 6.08 Å². The fourth-order valence-electron chi connectivity index (χ4n) is 4.62. The third-order valence-corrected chi connectivity index (χ3v) is 6.94. The molecule has 6 N–H and O–H groups in total. The first kappa shape index (κ1) is 31.9. The minimum Gasteiger partial charge on any atom is -0.505 e. The van der Waals surface area contributed by atoms with Crippen molar-refractivity contribution in [2.75, 3.05) is 42.3 Å². The molecule has 1 aliphatic rings. The Morgan fingerprint density at radius 3 is 1.76 bits per heavy atom. The van der Waals surface area contributed by atoms with Crippen LogP contribution in [0.2, 0.25) is 0 Å². The number of hydrogen-bond acceptors (Lipinski definition) is 8. The number of nitrogens with one attached hydrogen (secondary N) is 3. The number of ketones is 1. The summed E-state index contributed by atoms with van der Waals surface area (Å²) in [6.07, 6.45) is 10.8. The van der Waals surface area contributed by atoms with Gasteiger partial charge in [0.1, 0.15) is 11.5 Å². The number of carbonyl (C=O) groups excluding carboxylic acids is 1. The van der Waals surface area contributed by atoms with Crippen molar-refractivity contribution in [3.05, 3.63) is 71.6 Å². The molecule has 2 aromatic carbocycles. The number of rotatable bonds is 19. The predicted octanol–water partition coefficient (Wildman–Crippen LogP) is 6.88. The van der Waals surface area contributed by atoms with E-state index in [0.29, 0.717) is 23.4 Å². The van der Waals surface area contributed by atoms with E-state index in [9.17, 15) is 9.90 Å². The second-order valence-corrected chi connectivity index (χ2v) is 10.3. The Labute approximate surface area is 244 Å². The van der Waals surface area contributed by atoms with Crippen molar-refractivity contribution in [1.29, 1.82) is 0 Å². The topological polar surface area (TPSA) is 126 Å². The van der Waals surface area contributed by atoms with Gasteiger partial charge < -0.3 is 31.3 Å². The van der Waals surface area contributed by atoms with Crippen molar-refractivity contribution < 1.29 is 20.1 Å². The molecule has 2 aromatic rings. The Kier molecular flexibility index (Phi) is 14.0. The van der Waals surface area contributed by atoms with Crippen LogP contribution in [-0.4, -0.2) is 53.1 Å². The maximum atomic E-state index is 13.2. The quantitative estimate of drug-likeness (QED) is 0.0814. The lowest BCUT2D eigenvalue weighted by molar-refractivity contribution is -0.110. The van der Waals surface area contributed by atoms with Gasteiger partial charge in [0, 0.05) is 48.9 Å². The lowest BCUT2D eigenvalue weighted by Crippen LogP contribution is -2.24. The van der Waals surface area contributed by atoms with Gasteiger partial charge in [-0.1, -0.05) is 39.0 Å². The van der Waals surface area contributed by atoms with E-state index >= 15 is 0 Å². The molecule has 0 aromatic heterocycles. The summed E-state index contributed by atoms with van der Waals surface area (Å²) in [4.78, 5) is 17.8. The van der Waals surface area contributed by atoms with Crippen LogP contribution >= 0.6 is 0 Å². The highest BCUT2D eigenvalue weighted by Crippen LogP contribution is 2.27. The van der Waals surface area contributed by atoms with Crippen LogP contribution in [-0.2, 0) is 4.79 Å².